The van der Waals surface area contributed by atoms with Gasteiger partial charge in [0.2, 0.25) is 5.91 Å². The van der Waals surface area contributed by atoms with Crippen LogP contribution in [-0.4, -0.2) is 21.6 Å². The Morgan fingerprint density at radius 2 is 1.68 bits per heavy atom. The standard InChI is InChI=1S/C23H22F6N2O2S/c24-16-1-6-21-20(13-16)19(9-12-30-21)15-7-10-23(33,11-8-15)14-22(32)31-17-2-4-18(5-3-17)34(25,26,27,28)29/h1-6,9,12-13,15,33H,7-8,10-11,14H2,(H,31,32). The molecule has 184 valence electrons. The molecule has 0 saturated heterocycles. The van der Waals surface area contributed by atoms with Gasteiger partial charge in [0, 0.05) is 17.3 Å². The summed E-state index contributed by atoms with van der Waals surface area (Å²) in [4.78, 5) is 14.6. The van der Waals surface area contributed by atoms with Crippen LogP contribution >= 0.6 is 10.2 Å². The molecular formula is C23H22F6N2O2S. The van der Waals surface area contributed by atoms with Gasteiger partial charge in [0.1, 0.15) is 10.7 Å². The summed E-state index contributed by atoms with van der Waals surface area (Å²) in [5.41, 5.74) is 0.173. The van der Waals surface area contributed by atoms with Gasteiger partial charge < -0.3 is 10.4 Å². The van der Waals surface area contributed by atoms with Crippen molar-refractivity contribution in [2.24, 2.45) is 0 Å². The fourth-order valence-electron chi connectivity index (χ4n) is 4.44. The van der Waals surface area contributed by atoms with E-state index in [9.17, 15) is 33.7 Å². The quantitative estimate of drug-likeness (QED) is 0.355. The monoisotopic (exact) mass is 504 g/mol. The Kier molecular flexibility index (Phi) is 5.45. The number of nitrogens with zero attached hydrogens (tertiary/aromatic N) is 1. The lowest BCUT2D eigenvalue weighted by Crippen LogP contribution is -2.37. The number of nitrogens with one attached hydrogen (secondary N) is 1. The fraction of sp³-hybridized carbons (Fsp3) is 0.304. The van der Waals surface area contributed by atoms with Gasteiger partial charge in [-0.1, -0.05) is 19.4 Å². The Labute approximate surface area is 191 Å². The predicted molar refractivity (Wildman–Crippen MR) is 119 cm³/mol. The van der Waals surface area contributed by atoms with Gasteiger partial charge in [-0.2, -0.15) is 0 Å². The number of pyridine rings is 1. The number of carbonyl (C=O) groups excluding carboxylic acids is 1. The zero-order valence-electron chi connectivity index (χ0n) is 17.8. The Hall–Kier alpha value is -2.79. The van der Waals surface area contributed by atoms with Gasteiger partial charge in [0.25, 0.3) is 0 Å². The van der Waals surface area contributed by atoms with Crippen molar-refractivity contribution in [1.82, 2.24) is 4.98 Å². The highest BCUT2D eigenvalue weighted by molar-refractivity contribution is 8.45. The molecule has 1 saturated carbocycles. The van der Waals surface area contributed by atoms with E-state index in [1.165, 1.54) is 12.1 Å². The molecular weight excluding hydrogens is 482 g/mol. The maximum Gasteiger partial charge on any atom is 0.310 e. The maximum absolute atomic E-state index is 13.7. The first-order valence-electron chi connectivity index (χ1n) is 10.5. The van der Waals surface area contributed by atoms with E-state index in [4.69, 9.17) is 0 Å². The van der Waals surface area contributed by atoms with E-state index >= 15 is 0 Å². The third kappa shape index (κ3) is 5.47. The van der Waals surface area contributed by atoms with Gasteiger partial charge in [-0.15, -0.1) is 0 Å². The molecule has 2 aromatic carbocycles. The largest absolute Gasteiger partial charge is 0.389 e. The third-order valence-electron chi connectivity index (χ3n) is 6.17. The molecule has 11 heteroatoms. The van der Waals surface area contributed by atoms with Crippen LogP contribution in [0.4, 0.5) is 29.5 Å². The summed E-state index contributed by atoms with van der Waals surface area (Å²) in [6, 6.07) is 8.12. The van der Waals surface area contributed by atoms with Crippen LogP contribution in [0, 0.1) is 5.82 Å². The van der Waals surface area contributed by atoms with Gasteiger partial charge in [0.15, 0.2) is 0 Å². The molecule has 2 N–H and O–H groups in total. The summed E-state index contributed by atoms with van der Waals surface area (Å²) in [6.45, 7) is 0. The van der Waals surface area contributed by atoms with E-state index in [0.717, 1.165) is 17.7 Å². The summed E-state index contributed by atoms with van der Waals surface area (Å²) in [5, 5.41) is 13.9. The first kappa shape index (κ1) is 24.3. The summed E-state index contributed by atoms with van der Waals surface area (Å²) in [6.07, 6.45) is 3.00. The lowest BCUT2D eigenvalue weighted by molar-refractivity contribution is -0.122. The molecule has 1 aliphatic rings. The molecule has 34 heavy (non-hydrogen) atoms. The summed E-state index contributed by atoms with van der Waals surface area (Å²) in [5.74, 6) is -0.980. The number of hydrogen-bond donors (Lipinski definition) is 2. The summed E-state index contributed by atoms with van der Waals surface area (Å²) < 4.78 is 77.8. The number of aromatic nitrogens is 1. The zero-order valence-corrected chi connectivity index (χ0v) is 18.6. The molecule has 4 rings (SSSR count). The highest BCUT2D eigenvalue weighted by atomic mass is 32.5. The van der Waals surface area contributed by atoms with E-state index in [2.05, 4.69) is 10.3 Å². The van der Waals surface area contributed by atoms with Gasteiger partial charge in [-0.25, -0.2) is 4.39 Å². The molecule has 1 fully saturated rings. The van der Waals surface area contributed by atoms with Gasteiger partial charge >= 0.3 is 10.2 Å². The number of rotatable bonds is 5. The average molecular weight is 504 g/mol. The van der Waals surface area contributed by atoms with Crippen LogP contribution in [0.5, 0.6) is 0 Å². The third-order valence-corrected chi connectivity index (χ3v) is 7.33. The second-order valence-corrected chi connectivity index (χ2v) is 11.2. The SMILES string of the molecule is O=C(CC1(O)CCC(c2ccnc3ccc(F)cc23)CC1)Nc1ccc(S(F)(F)(F)(F)F)cc1. The Morgan fingerprint density at radius 3 is 2.29 bits per heavy atom. The Balaban J connectivity index is 1.39. The zero-order chi connectivity index (χ0) is 24.8. The number of amides is 1. The van der Waals surface area contributed by atoms with Crippen molar-refractivity contribution >= 4 is 32.7 Å². The van der Waals surface area contributed by atoms with Crippen LogP contribution in [0.1, 0.15) is 43.6 Å². The number of carbonyl (C=O) groups is 1. The normalized spacial score (nSPS) is 23.2. The summed E-state index contributed by atoms with van der Waals surface area (Å²) >= 11 is 0. The van der Waals surface area contributed by atoms with Crippen molar-refractivity contribution in [2.45, 2.75) is 48.5 Å². The lowest BCUT2D eigenvalue weighted by atomic mass is 9.74. The minimum atomic E-state index is -9.79. The highest BCUT2D eigenvalue weighted by Crippen LogP contribution is 3.02. The molecule has 0 unspecified atom stereocenters. The van der Waals surface area contributed by atoms with E-state index in [1.807, 2.05) is 6.07 Å². The molecule has 3 aromatic rings. The number of hydrogen-bond acceptors (Lipinski definition) is 3. The molecule has 0 spiro atoms. The van der Waals surface area contributed by atoms with Gasteiger partial charge in [-0.3, -0.25) is 9.78 Å². The highest BCUT2D eigenvalue weighted by Gasteiger charge is 2.65. The van der Waals surface area contributed by atoms with Crippen molar-refractivity contribution in [3.63, 3.8) is 0 Å². The van der Waals surface area contributed by atoms with E-state index in [0.29, 0.717) is 23.7 Å². The van der Waals surface area contributed by atoms with E-state index < -0.39 is 26.6 Å². The van der Waals surface area contributed by atoms with Crippen molar-refractivity contribution < 1.29 is 33.7 Å². The van der Waals surface area contributed by atoms with Gasteiger partial charge in [0.05, 0.1) is 17.5 Å². The molecule has 1 aromatic heterocycles. The Bertz CT molecular complexity index is 1240. The predicted octanol–water partition coefficient (Wildman–Crippen LogP) is 7.45. The number of anilines is 1. The van der Waals surface area contributed by atoms with Crippen molar-refractivity contribution in [2.75, 3.05) is 5.32 Å². The van der Waals surface area contributed by atoms with E-state index in [1.54, 1.807) is 12.3 Å². The average Bonchev–Trinajstić information content (AvgIpc) is 2.72. The minimum Gasteiger partial charge on any atom is -0.389 e. The molecule has 1 aliphatic carbocycles. The number of benzene rings is 2. The second-order valence-electron chi connectivity index (χ2n) is 8.78. The van der Waals surface area contributed by atoms with Crippen LogP contribution in [0.2, 0.25) is 0 Å². The van der Waals surface area contributed by atoms with Crippen LogP contribution in [0.3, 0.4) is 0 Å². The van der Waals surface area contributed by atoms with E-state index in [-0.39, 0.29) is 48.8 Å². The minimum absolute atomic E-state index is 0.0372. The van der Waals surface area contributed by atoms with Crippen molar-refractivity contribution in [1.29, 1.82) is 0 Å². The smallest absolute Gasteiger partial charge is 0.310 e. The topological polar surface area (TPSA) is 62.2 Å². The molecule has 0 atom stereocenters. The van der Waals surface area contributed by atoms with Crippen molar-refractivity contribution in [3.8, 4) is 0 Å². The Morgan fingerprint density at radius 1 is 1.03 bits per heavy atom. The molecule has 4 nitrogen and oxygen atoms in total. The van der Waals surface area contributed by atoms with Crippen LogP contribution in [0.15, 0.2) is 59.6 Å². The van der Waals surface area contributed by atoms with Crippen LogP contribution < -0.4 is 5.32 Å². The molecule has 0 aliphatic heterocycles. The second kappa shape index (κ2) is 7.61. The van der Waals surface area contributed by atoms with Crippen LogP contribution in [0.25, 0.3) is 10.9 Å². The molecule has 0 bridgehead atoms. The lowest BCUT2D eigenvalue weighted by Gasteiger charge is -2.40. The van der Waals surface area contributed by atoms with Crippen molar-refractivity contribution in [3.05, 3.63) is 66.1 Å². The number of fused-ring (bicyclic) bond motifs is 1. The fourth-order valence-corrected chi connectivity index (χ4v) is 5.09. The number of halogens is 6. The maximum atomic E-state index is 13.7. The van der Waals surface area contributed by atoms with Crippen LogP contribution in [-0.2, 0) is 4.79 Å². The first-order chi connectivity index (χ1) is 15.6. The molecule has 1 amide bonds. The molecule has 1 heterocycles. The molecule has 0 radical (unpaired) electrons. The number of aliphatic hydroxyl groups is 1. The summed E-state index contributed by atoms with van der Waals surface area (Å²) in [7, 11) is -9.79. The first-order valence-corrected chi connectivity index (χ1v) is 12.5. The van der Waals surface area contributed by atoms with Gasteiger partial charge in [-0.05, 0) is 85.7 Å².